The van der Waals surface area contributed by atoms with Crippen molar-refractivity contribution in [1.82, 2.24) is 19.7 Å². The van der Waals surface area contributed by atoms with Crippen molar-refractivity contribution in [2.75, 3.05) is 39.9 Å². The fraction of sp³-hybridized carbons (Fsp3) is 0.536. The van der Waals surface area contributed by atoms with E-state index in [1.807, 2.05) is 79.0 Å². The molecule has 2 aliphatic rings. The molecule has 1 atom stereocenters. The summed E-state index contributed by atoms with van der Waals surface area (Å²) in [7, 11) is 1.30. The lowest BCUT2D eigenvalue weighted by Gasteiger charge is -2.39. The number of methoxy groups -OCH3 is 1. The number of carbonyl (C=O) groups is 3. The third-order valence-corrected chi connectivity index (χ3v) is 7.32. The maximum absolute atomic E-state index is 13.4. The number of hydrogen-bond donors (Lipinski definition) is 1. The Morgan fingerprint density at radius 3 is 2.22 bits per heavy atom. The summed E-state index contributed by atoms with van der Waals surface area (Å²) in [6.45, 7) is 8.25. The van der Waals surface area contributed by atoms with Crippen molar-refractivity contribution < 1.29 is 23.9 Å². The number of piperidine rings is 1. The molecule has 9 nitrogen and oxygen atoms in total. The number of hydrogen-bond acceptors (Lipinski definition) is 5. The number of para-hydroxylation sites is 1. The van der Waals surface area contributed by atoms with E-state index in [0.29, 0.717) is 31.7 Å². The quantitative estimate of drug-likeness (QED) is 0.601. The topological polar surface area (TPSA) is 93.1 Å². The molecule has 1 aromatic heterocycles. The Balaban J connectivity index is 1.34. The van der Waals surface area contributed by atoms with E-state index in [9.17, 15) is 14.4 Å². The Kier molecular flexibility index (Phi) is 7.92. The van der Waals surface area contributed by atoms with Crippen LogP contribution in [0.1, 0.15) is 50.4 Å². The number of urea groups is 1. The highest BCUT2D eigenvalue weighted by molar-refractivity contribution is 5.98. The fourth-order valence-corrected chi connectivity index (χ4v) is 5.13. The number of nitrogens with zero attached hydrogens (tertiary/aromatic N) is 3. The first kappa shape index (κ1) is 26.7. The molecule has 3 amide bonds. The van der Waals surface area contributed by atoms with Crippen LogP contribution in [0.2, 0.25) is 0 Å². The van der Waals surface area contributed by atoms with E-state index in [4.69, 9.17) is 9.47 Å². The van der Waals surface area contributed by atoms with Gasteiger partial charge in [-0.1, -0.05) is 12.1 Å². The largest absolute Gasteiger partial charge is 0.467 e. The van der Waals surface area contributed by atoms with Crippen LogP contribution >= 0.6 is 0 Å². The van der Waals surface area contributed by atoms with Gasteiger partial charge in [-0.25, -0.2) is 9.59 Å². The first-order valence-electron chi connectivity index (χ1n) is 12.9. The van der Waals surface area contributed by atoms with Gasteiger partial charge in [0.25, 0.3) is 5.91 Å². The normalized spacial score (nSPS) is 18.1. The summed E-state index contributed by atoms with van der Waals surface area (Å²) in [5, 5.41) is 2.79. The van der Waals surface area contributed by atoms with Crippen LogP contribution in [0, 0.1) is 5.41 Å². The summed E-state index contributed by atoms with van der Waals surface area (Å²) < 4.78 is 12.5. The lowest BCUT2D eigenvalue weighted by Crippen LogP contribution is -2.51. The van der Waals surface area contributed by atoms with E-state index < -0.39 is 17.6 Å². The Bertz CT molecular complexity index is 1100. The molecule has 0 saturated carbocycles. The molecular formula is C28H38N4O5. The minimum Gasteiger partial charge on any atom is -0.467 e. The Labute approximate surface area is 218 Å². The van der Waals surface area contributed by atoms with Crippen molar-refractivity contribution >= 4 is 17.9 Å². The van der Waals surface area contributed by atoms with E-state index in [0.717, 1.165) is 24.9 Å². The zero-order valence-corrected chi connectivity index (χ0v) is 22.2. The van der Waals surface area contributed by atoms with Crippen molar-refractivity contribution in [2.45, 2.75) is 51.7 Å². The number of nitrogens with one attached hydrogen (secondary N) is 1. The van der Waals surface area contributed by atoms with Gasteiger partial charge in [-0.05, 0) is 69.7 Å². The van der Waals surface area contributed by atoms with Crippen LogP contribution in [0.15, 0.2) is 48.8 Å². The number of esters is 1. The molecule has 1 spiro atoms. The minimum absolute atomic E-state index is 0.0171. The summed E-state index contributed by atoms with van der Waals surface area (Å²) >= 11 is 0. The second kappa shape index (κ2) is 11.0. The van der Waals surface area contributed by atoms with E-state index >= 15 is 0 Å². The second-order valence-electron chi connectivity index (χ2n) is 11.0. The van der Waals surface area contributed by atoms with Gasteiger partial charge >= 0.3 is 12.0 Å². The van der Waals surface area contributed by atoms with Gasteiger partial charge in [0, 0.05) is 38.6 Å². The van der Waals surface area contributed by atoms with Gasteiger partial charge in [0.2, 0.25) is 0 Å². The van der Waals surface area contributed by atoms with Gasteiger partial charge in [-0.15, -0.1) is 0 Å². The van der Waals surface area contributed by atoms with Crippen molar-refractivity contribution in [1.29, 1.82) is 0 Å². The van der Waals surface area contributed by atoms with Crippen molar-refractivity contribution in [3.05, 3.63) is 54.4 Å². The van der Waals surface area contributed by atoms with Crippen LogP contribution in [0.5, 0.6) is 0 Å². The van der Waals surface area contributed by atoms with Crippen molar-refractivity contribution in [3.8, 4) is 5.69 Å². The van der Waals surface area contributed by atoms with Gasteiger partial charge in [0.05, 0.1) is 30.6 Å². The molecule has 0 aliphatic carbocycles. The van der Waals surface area contributed by atoms with Gasteiger partial charge in [0.15, 0.2) is 6.04 Å². The Hall–Kier alpha value is -3.33. The highest BCUT2D eigenvalue weighted by Crippen LogP contribution is 2.40. The molecule has 3 heterocycles. The molecule has 2 aromatic rings. The van der Waals surface area contributed by atoms with Crippen LogP contribution in [0.3, 0.4) is 0 Å². The van der Waals surface area contributed by atoms with Crippen LogP contribution in [-0.4, -0.2) is 83.8 Å². The molecular weight excluding hydrogens is 472 g/mol. The van der Waals surface area contributed by atoms with Gasteiger partial charge in [-0.3, -0.25) is 4.79 Å². The predicted octanol–water partition coefficient (Wildman–Crippen LogP) is 3.47. The first-order valence-corrected chi connectivity index (χ1v) is 12.9. The number of rotatable bonds is 6. The Morgan fingerprint density at radius 1 is 0.973 bits per heavy atom. The summed E-state index contributed by atoms with van der Waals surface area (Å²) in [5.74, 6) is -0.495. The SMILES string of the molecule is COC(=O)C(COC(C)(C)C)NC(=O)N1CCC2(CCN(C(=O)c3ccccc3-n3cccc3)CC2)C1. The van der Waals surface area contributed by atoms with Crippen molar-refractivity contribution in [3.63, 3.8) is 0 Å². The highest BCUT2D eigenvalue weighted by Gasteiger charge is 2.43. The fourth-order valence-electron chi connectivity index (χ4n) is 5.13. The standard InChI is InChI=1S/C28H38N4O5/c1-27(2,3)37-19-22(25(34)36-4)29-26(35)32-18-13-28(20-32)11-16-31(17-12-28)24(33)21-9-5-6-10-23(21)30-14-7-8-15-30/h5-10,14-15,22H,11-13,16-20H2,1-4H3,(H,29,35). The molecule has 0 bridgehead atoms. The van der Waals surface area contributed by atoms with Crippen LogP contribution in [0.4, 0.5) is 4.79 Å². The third kappa shape index (κ3) is 6.33. The number of amides is 3. The number of benzene rings is 1. The minimum atomic E-state index is -0.867. The van der Waals surface area contributed by atoms with E-state index in [2.05, 4.69) is 5.32 Å². The zero-order valence-electron chi connectivity index (χ0n) is 22.2. The first-order chi connectivity index (χ1) is 17.6. The van der Waals surface area contributed by atoms with E-state index in [-0.39, 0.29) is 24.0 Å². The Morgan fingerprint density at radius 2 is 1.59 bits per heavy atom. The molecule has 1 N–H and O–H groups in total. The number of aromatic nitrogens is 1. The lowest BCUT2D eigenvalue weighted by molar-refractivity contribution is -0.146. The highest BCUT2D eigenvalue weighted by atomic mass is 16.5. The molecule has 0 radical (unpaired) electrons. The summed E-state index contributed by atoms with van der Waals surface area (Å²) in [6.07, 6.45) is 6.43. The molecule has 1 aromatic carbocycles. The van der Waals surface area contributed by atoms with Gasteiger partial charge in [0.1, 0.15) is 0 Å². The molecule has 2 fully saturated rings. The predicted molar refractivity (Wildman–Crippen MR) is 140 cm³/mol. The monoisotopic (exact) mass is 510 g/mol. The number of carbonyl (C=O) groups excluding carboxylic acids is 3. The van der Waals surface area contributed by atoms with Gasteiger partial charge in [-0.2, -0.15) is 0 Å². The molecule has 9 heteroatoms. The van der Waals surface area contributed by atoms with E-state index in [1.54, 1.807) is 4.90 Å². The lowest BCUT2D eigenvalue weighted by atomic mass is 9.77. The maximum atomic E-state index is 13.4. The number of ether oxygens (including phenoxy) is 2. The smallest absolute Gasteiger partial charge is 0.330 e. The summed E-state index contributed by atoms with van der Waals surface area (Å²) in [6, 6.07) is 10.4. The molecule has 2 aliphatic heterocycles. The van der Waals surface area contributed by atoms with Crippen LogP contribution < -0.4 is 5.32 Å². The zero-order chi connectivity index (χ0) is 26.6. The molecule has 2 saturated heterocycles. The summed E-state index contributed by atoms with van der Waals surface area (Å²) in [4.78, 5) is 42.3. The van der Waals surface area contributed by atoms with Crippen LogP contribution in [0.25, 0.3) is 5.69 Å². The molecule has 200 valence electrons. The average molecular weight is 511 g/mol. The van der Waals surface area contributed by atoms with Crippen LogP contribution in [-0.2, 0) is 14.3 Å². The van der Waals surface area contributed by atoms with E-state index in [1.165, 1.54) is 7.11 Å². The third-order valence-electron chi connectivity index (χ3n) is 7.32. The molecule has 37 heavy (non-hydrogen) atoms. The maximum Gasteiger partial charge on any atom is 0.330 e. The molecule has 1 unspecified atom stereocenters. The molecule has 4 rings (SSSR count). The average Bonchev–Trinajstić information content (AvgIpc) is 3.56. The number of likely N-dealkylation sites (tertiary alicyclic amines) is 2. The second-order valence-corrected chi connectivity index (χ2v) is 11.0. The van der Waals surface area contributed by atoms with Crippen molar-refractivity contribution in [2.24, 2.45) is 5.41 Å². The van der Waals surface area contributed by atoms with Gasteiger partial charge < -0.3 is 29.2 Å². The summed E-state index contributed by atoms with van der Waals surface area (Å²) in [5.41, 5.74) is 1.10.